The number of anilines is 2. The van der Waals surface area contributed by atoms with E-state index in [4.69, 9.17) is 14.7 Å². The molecule has 6 rings (SSSR count). The largest absolute Gasteiger partial charge is 0.462 e. The van der Waals surface area contributed by atoms with Crippen molar-refractivity contribution in [1.82, 2.24) is 25.1 Å². The molecule has 2 fully saturated rings. The molecule has 0 unspecified atom stereocenters. The van der Waals surface area contributed by atoms with Crippen LogP contribution in [0.1, 0.15) is 54.5 Å². The number of hydrogen-bond donors (Lipinski definition) is 1. The number of nitrogens with zero attached hydrogens (tertiary/aromatic N) is 6. The Hall–Kier alpha value is -2.87. The molecule has 35 heavy (non-hydrogen) atoms. The number of H-pyrrole nitrogens is 1. The van der Waals surface area contributed by atoms with Gasteiger partial charge in [-0.3, -0.25) is 5.10 Å². The second-order valence-electron chi connectivity index (χ2n) is 10.6. The van der Waals surface area contributed by atoms with Gasteiger partial charge in [0.2, 0.25) is 0 Å². The van der Waals surface area contributed by atoms with Crippen molar-refractivity contribution < 1.29 is 4.74 Å². The van der Waals surface area contributed by atoms with Gasteiger partial charge in [0, 0.05) is 36.6 Å². The van der Waals surface area contributed by atoms with Gasteiger partial charge in [0.15, 0.2) is 0 Å². The van der Waals surface area contributed by atoms with Crippen LogP contribution in [0, 0.1) is 13.8 Å². The quantitative estimate of drug-likeness (QED) is 0.598. The average Bonchev–Trinajstić information content (AvgIpc) is 3.51. The zero-order valence-corrected chi connectivity index (χ0v) is 21.3. The highest BCUT2D eigenvalue weighted by Gasteiger charge is 2.29. The summed E-state index contributed by atoms with van der Waals surface area (Å²) in [5.41, 5.74) is 7.38. The van der Waals surface area contributed by atoms with E-state index in [0.29, 0.717) is 18.7 Å². The summed E-state index contributed by atoms with van der Waals surface area (Å²) in [6, 6.07) is 3.19. The van der Waals surface area contributed by atoms with Gasteiger partial charge in [0.05, 0.1) is 29.6 Å². The van der Waals surface area contributed by atoms with Gasteiger partial charge in [-0.1, -0.05) is 0 Å². The number of fused-ring (bicyclic) bond motifs is 2. The number of nitrogens with one attached hydrogen (secondary N) is 1. The Morgan fingerprint density at radius 2 is 1.89 bits per heavy atom. The number of piperidine rings is 1. The lowest BCUT2D eigenvalue weighted by atomic mass is 9.99. The minimum Gasteiger partial charge on any atom is -0.462 e. The Morgan fingerprint density at radius 3 is 2.69 bits per heavy atom. The molecular formula is C27H37N7O. The summed E-state index contributed by atoms with van der Waals surface area (Å²) in [4.78, 5) is 17.4. The van der Waals surface area contributed by atoms with E-state index in [1.165, 1.54) is 59.9 Å². The number of aryl methyl sites for hydroxylation is 1. The summed E-state index contributed by atoms with van der Waals surface area (Å²) in [6.45, 7) is 10.1. The second kappa shape index (κ2) is 9.30. The number of likely N-dealkylation sites (tertiary alicyclic amines) is 1. The first-order chi connectivity index (χ1) is 17.1. The van der Waals surface area contributed by atoms with Gasteiger partial charge >= 0.3 is 6.01 Å². The molecule has 5 heterocycles. The number of aromatic nitrogens is 4. The maximum atomic E-state index is 6.28. The molecule has 8 nitrogen and oxygen atoms in total. The SMILES string of the molecule is Cc1cc2[nH]ncc2c(N2CCc3c(nc(OC[C@@H]4CCCN4C)nc3N3CCCCC3)C2)c1C. The monoisotopic (exact) mass is 475 g/mol. The van der Waals surface area contributed by atoms with E-state index < -0.39 is 0 Å². The van der Waals surface area contributed by atoms with E-state index in [-0.39, 0.29) is 0 Å². The Balaban J connectivity index is 1.35. The molecule has 2 saturated heterocycles. The molecule has 3 aromatic rings. The summed E-state index contributed by atoms with van der Waals surface area (Å²) in [7, 11) is 2.19. The van der Waals surface area contributed by atoms with Crippen LogP contribution in [-0.2, 0) is 13.0 Å². The van der Waals surface area contributed by atoms with Gasteiger partial charge in [-0.25, -0.2) is 0 Å². The number of hydrogen-bond acceptors (Lipinski definition) is 7. The summed E-state index contributed by atoms with van der Waals surface area (Å²) < 4.78 is 6.28. The second-order valence-corrected chi connectivity index (χ2v) is 10.6. The fraction of sp³-hybridized carbons (Fsp3) is 0.593. The molecule has 0 amide bonds. The summed E-state index contributed by atoms with van der Waals surface area (Å²) in [6.07, 6.45) is 9.09. The maximum absolute atomic E-state index is 6.28. The van der Waals surface area contributed by atoms with Crippen LogP contribution in [0.5, 0.6) is 6.01 Å². The van der Waals surface area contributed by atoms with Gasteiger partial charge < -0.3 is 19.4 Å². The van der Waals surface area contributed by atoms with Gasteiger partial charge in [0.25, 0.3) is 0 Å². The van der Waals surface area contributed by atoms with E-state index >= 15 is 0 Å². The van der Waals surface area contributed by atoms with Crippen LogP contribution in [0.25, 0.3) is 10.9 Å². The molecule has 3 aliphatic heterocycles. The summed E-state index contributed by atoms with van der Waals surface area (Å²) >= 11 is 0. The zero-order valence-electron chi connectivity index (χ0n) is 21.3. The molecule has 1 N–H and O–H groups in total. The Bertz CT molecular complexity index is 1220. The van der Waals surface area contributed by atoms with Crippen molar-refractivity contribution in [2.24, 2.45) is 0 Å². The van der Waals surface area contributed by atoms with Crippen LogP contribution in [0.2, 0.25) is 0 Å². The van der Waals surface area contributed by atoms with Crippen molar-refractivity contribution in [3.63, 3.8) is 0 Å². The highest BCUT2D eigenvalue weighted by molar-refractivity contribution is 5.94. The molecule has 8 heteroatoms. The van der Waals surface area contributed by atoms with Crippen LogP contribution in [0.3, 0.4) is 0 Å². The third kappa shape index (κ3) is 4.22. The third-order valence-electron chi connectivity index (χ3n) is 8.30. The van der Waals surface area contributed by atoms with Crippen molar-refractivity contribution in [3.05, 3.63) is 34.6 Å². The van der Waals surface area contributed by atoms with Gasteiger partial charge in [-0.15, -0.1) is 0 Å². The minimum absolute atomic E-state index is 0.453. The van der Waals surface area contributed by atoms with E-state index in [9.17, 15) is 0 Å². The smallest absolute Gasteiger partial charge is 0.318 e. The van der Waals surface area contributed by atoms with Crippen LogP contribution < -0.4 is 14.5 Å². The van der Waals surface area contributed by atoms with Gasteiger partial charge in [-0.05, 0) is 83.2 Å². The maximum Gasteiger partial charge on any atom is 0.318 e. The van der Waals surface area contributed by atoms with E-state index in [2.05, 4.69) is 51.9 Å². The molecule has 186 valence electrons. The molecule has 0 radical (unpaired) electrons. The highest BCUT2D eigenvalue weighted by atomic mass is 16.5. The molecule has 0 spiro atoms. The Labute approximate surface area is 207 Å². The number of rotatable bonds is 5. The zero-order chi connectivity index (χ0) is 23.9. The summed E-state index contributed by atoms with van der Waals surface area (Å²) in [5.74, 6) is 1.11. The fourth-order valence-electron chi connectivity index (χ4n) is 6.09. The van der Waals surface area contributed by atoms with Crippen molar-refractivity contribution in [3.8, 4) is 6.01 Å². The minimum atomic E-state index is 0.453. The van der Waals surface area contributed by atoms with E-state index in [0.717, 1.165) is 56.2 Å². The fourth-order valence-corrected chi connectivity index (χ4v) is 6.09. The lowest BCUT2D eigenvalue weighted by Gasteiger charge is -2.36. The predicted octanol–water partition coefficient (Wildman–Crippen LogP) is 4.00. The van der Waals surface area contributed by atoms with Crippen LogP contribution in [0.15, 0.2) is 12.3 Å². The van der Waals surface area contributed by atoms with E-state index in [1.54, 1.807) is 0 Å². The first-order valence-corrected chi connectivity index (χ1v) is 13.2. The number of benzene rings is 1. The third-order valence-corrected chi connectivity index (χ3v) is 8.30. The molecule has 0 aliphatic carbocycles. The normalized spacial score (nSPS) is 21.1. The molecule has 0 bridgehead atoms. The standard InChI is InChI=1S/C27H37N7O/c1-18-14-23-22(15-28-31-23)25(19(18)2)34-13-9-21-24(16-34)29-27(35-17-20-8-7-10-32(20)3)30-26(21)33-11-5-4-6-12-33/h14-15,20H,4-13,16-17H2,1-3H3,(H,28,31)/t20-/m0/s1. The Morgan fingerprint density at radius 1 is 1.03 bits per heavy atom. The molecule has 1 aromatic carbocycles. The average molecular weight is 476 g/mol. The first-order valence-electron chi connectivity index (χ1n) is 13.2. The molecule has 3 aliphatic rings. The van der Waals surface area contributed by atoms with Gasteiger partial charge in [0.1, 0.15) is 12.4 Å². The molecule has 0 saturated carbocycles. The van der Waals surface area contributed by atoms with Crippen LogP contribution in [0.4, 0.5) is 11.5 Å². The van der Waals surface area contributed by atoms with Gasteiger partial charge in [-0.2, -0.15) is 15.1 Å². The lowest BCUT2D eigenvalue weighted by molar-refractivity contribution is 0.187. The van der Waals surface area contributed by atoms with E-state index in [1.807, 2.05) is 6.20 Å². The van der Waals surface area contributed by atoms with Crippen molar-refractivity contribution in [1.29, 1.82) is 0 Å². The van der Waals surface area contributed by atoms with Crippen LogP contribution in [-0.4, -0.2) is 70.9 Å². The number of ether oxygens (including phenoxy) is 1. The topological polar surface area (TPSA) is 73.4 Å². The summed E-state index contributed by atoms with van der Waals surface area (Å²) in [5, 5.41) is 8.68. The first kappa shape index (κ1) is 22.6. The number of aromatic amines is 1. The van der Waals surface area contributed by atoms with Crippen molar-refractivity contribution in [2.45, 2.75) is 65.0 Å². The van der Waals surface area contributed by atoms with Crippen LogP contribution >= 0.6 is 0 Å². The van der Waals surface area contributed by atoms with Crippen molar-refractivity contribution in [2.75, 3.05) is 49.6 Å². The number of likely N-dealkylation sites (N-methyl/N-ethyl adjacent to an activating group) is 1. The Kier molecular flexibility index (Phi) is 6.00. The molecule has 2 aromatic heterocycles. The predicted molar refractivity (Wildman–Crippen MR) is 140 cm³/mol. The molecule has 1 atom stereocenters. The molecular weight excluding hydrogens is 438 g/mol. The highest BCUT2D eigenvalue weighted by Crippen LogP contribution is 2.37. The van der Waals surface area contributed by atoms with Crippen molar-refractivity contribution >= 4 is 22.4 Å². The lowest BCUT2D eigenvalue weighted by Crippen LogP contribution is -2.37.